The van der Waals surface area contributed by atoms with E-state index in [1.54, 1.807) is 12.1 Å². The molecule has 3 rings (SSSR count). The van der Waals surface area contributed by atoms with Gasteiger partial charge in [0, 0.05) is 4.47 Å². The molecule has 0 unspecified atom stereocenters. The van der Waals surface area contributed by atoms with E-state index in [9.17, 15) is 4.79 Å². The van der Waals surface area contributed by atoms with Crippen LogP contribution < -0.4 is 14.2 Å². The number of carbonyl (C=O) groups excluding carboxylic acids is 1. The minimum absolute atomic E-state index is 0.142. The molecule has 0 amide bonds. The van der Waals surface area contributed by atoms with Crippen molar-refractivity contribution in [3.8, 4) is 17.2 Å². The fourth-order valence-electron chi connectivity index (χ4n) is 2.06. The SMILES string of the molecule is O=C(OCCOc1ccc(Br)cc1)[C@@H]1COc2ccccc2O1. The molecule has 5 nitrogen and oxygen atoms in total. The Bertz CT molecular complexity index is 671. The number of carbonyl (C=O) groups is 1. The first-order chi connectivity index (χ1) is 11.2. The van der Waals surface area contributed by atoms with Crippen LogP contribution in [0.1, 0.15) is 0 Å². The number of hydrogen-bond donors (Lipinski definition) is 0. The summed E-state index contributed by atoms with van der Waals surface area (Å²) in [5, 5.41) is 0. The molecule has 0 radical (unpaired) electrons. The molecule has 1 heterocycles. The zero-order chi connectivity index (χ0) is 16.1. The number of halogens is 1. The van der Waals surface area contributed by atoms with Crippen molar-refractivity contribution in [2.24, 2.45) is 0 Å². The van der Waals surface area contributed by atoms with Crippen LogP contribution in [0.2, 0.25) is 0 Å². The molecule has 2 aromatic carbocycles. The summed E-state index contributed by atoms with van der Waals surface area (Å²) in [5.41, 5.74) is 0. The first kappa shape index (κ1) is 15.7. The van der Waals surface area contributed by atoms with Crippen molar-refractivity contribution in [2.75, 3.05) is 19.8 Å². The van der Waals surface area contributed by atoms with Crippen LogP contribution in [0.4, 0.5) is 0 Å². The highest BCUT2D eigenvalue weighted by molar-refractivity contribution is 9.10. The molecule has 0 saturated heterocycles. The molecule has 0 spiro atoms. The summed E-state index contributed by atoms with van der Waals surface area (Å²) in [4.78, 5) is 12.0. The lowest BCUT2D eigenvalue weighted by molar-refractivity contribution is -0.155. The maximum Gasteiger partial charge on any atom is 0.351 e. The number of para-hydroxylation sites is 2. The number of fused-ring (bicyclic) bond motifs is 1. The standard InChI is InChI=1S/C17H15BrO5/c18-12-5-7-13(8-6-12)20-9-10-21-17(19)16-11-22-14-3-1-2-4-15(14)23-16/h1-8,16H,9-11H2/t16-/m0/s1. The predicted molar refractivity (Wildman–Crippen MR) is 86.9 cm³/mol. The van der Waals surface area contributed by atoms with Gasteiger partial charge in [0.15, 0.2) is 11.5 Å². The summed E-state index contributed by atoms with van der Waals surface area (Å²) >= 11 is 3.35. The molecule has 120 valence electrons. The summed E-state index contributed by atoms with van der Waals surface area (Å²) in [7, 11) is 0. The van der Waals surface area contributed by atoms with Gasteiger partial charge in [-0.3, -0.25) is 0 Å². The Labute approximate surface area is 142 Å². The van der Waals surface area contributed by atoms with Gasteiger partial charge in [0.2, 0.25) is 6.10 Å². The molecule has 0 fully saturated rings. The number of rotatable bonds is 5. The first-order valence-corrected chi connectivity index (χ1v) is 7.95. The second-order valence-corrected chi connectivity index (χ2v) is 5.75. The molecule has 1 aliphatic heterocycles. The Morgan fingerprint density at radius 1 is 1.09 bits per heavy atom. The van der Waals surface area contributed by atoms with E-state index in [1.165, 1.54) is 0 Å². The summed E-state index contributed by atoms with van der Waals surface area (Å²) in [5.74, 6) is 1.44. The van der Waals surface area contributed by atoms with Crippen LogP contribution in [0, 0.1) is 0 Å². The third-order valence-electron chi connectivity index (χ3n) is 3.18. The average molecular weight is 379 g/mol. The molecule has 0 bridgehead atoms. The number of hydrogen-bond acceptors (Lipinski definition) is 5. The first-order valence-electron chi connectivity index (χ1n) is 7.16. The van der Waals surface area contributed by atoms with Crippen molar-refractivity contribution in [1.29, 1.82) is 0 Å². The maximum absolute atomic E-state index is 12.0. The van der Waals surface area contributed by atoms with Crippen LogP contribution >= 0.6 is 15.9 Å². The molecule has 0 saturated carbocycles. The van der Waals surface area contributed by atoms with Gasteiger partial charge < -0.3 is 18.9 Å². The summed E-state index contributed by atoms with van der Waals surface area (Å²) in [6.07, 6.45) is -0.752. The van der Waals surface area contributed by atoms with Gasteiger partial charge in [-0.1, -0.05) is 28.1 Å². The fraction of sp³-hybridized carbons (Fsp3) is 0.235. The number of benzene rings is 2. The molecular formula is C17H15BrO5. The predicted octanol–water partition coefficient (Wildman–Crippen LogP) is 3.21. The lowest BCUT2D eigenvalue weighted by Crippen LogP contribution is -2.38. The monoisotopic (exact) mass is 378 g/mol. The van der Waals surface area contributed by atoms with Gasteiger partial charge in [0.25, 0.3) is 0 Å². The van der Waals surface area contributed by atoms with E-state index in [1.807, 2.05) is 36.4 Å². The van der Waals surface area contributed by atoms with Crippen LogP contribution in [-0.2, 0) is 9.53 Å². The van der Waals surface area contributed by atoms with Gasteiger partial charge >= 0.3 is 5.97 Å². The fourth-order valence-corrected chi connectivity index (χ4v) is 2.33. The Morgan fingerprint density at radius 3 is 2.61 bits per heavy atom. The third kappa shape index (κ3) is 4.16. The summed E-state index contributed by atoms with van der Waals surface area (Å²) < 4.78 is 22.7. The molecule has 1 aliphatic rings. The molecule has 23 heavy (non-hydrogen) atoms. The Kier molecular flexibility index (Phi) is 5.02. The lowest BCUT2D eigenvalue weighted by Gasteiger charge is -2.24. The molecule has 2 aromatic rings. The minimum Gasteiger partial charge on any atom is -0.490 e. The number of ether oxygens (including phenoxy) is 4. The second kappa shape index (κ2) is 7.37. The van der Waals surface area contributed by atoms with Gasteiger partial charge in [-0.15, -0.1) is 0 Å². The van der Waals surface area contributed by atoms with Crippen LogP contribution in [0.15, 0.2) is 53.0 Å². The molecule has 0 aliphatic carbocycles. The molecule has 0 N–H and O–H groups in total. The van der Waals surface area contributed by atoms with Crippen LogP contribution in [0.3, 0.4) is 0 Å². The number of esters is 1. The highest BCUT2D eigenvalue weighted by Gasteiger charge is 2.28. The van der Waals surface area contributed by atoms with E-state index >= 15 is 0 Å². The van der Waals surface area contributed by atoms with Crippen LogP contribution in [-0.4, -0.2) is 31.9 Å². The van der Waals surface area contributed by atoms with E-state index in [4.69, 9.17) is 18.9 Å². The summed E-state index contributed by atoms with van der Waals surface area (Å²) in [6, 6.07) is 14.6. The van der Waals surface area contributed by atoms with Crippen molar-refractivity contribution in [1.82, 2.24) is 0 Å². The topological polar surface area (TPSA) is 54.0 Å². The minimum atomic E-state index is -0.752. The highest BCUT2D eigenvalue weighted by atomic mass is 79.9. The van der Waals surface area contributed by atoms with E-state index in [0.717, 1.165) is 10.2 Å². The van der Waals surface area contributed by atoms with Gasteiger partial charge in [-0.25, -0.2) is 4.79 Å². The van der Waals surface area contributed by atoms with Crippen LogP contribution in [0.5, 0.6) is 17.2 Å². The molecule has 6 heteroatoms. The molecular weight excluding hydrogens is 364 g/mol. The Balaban J connectivity index is 1.42. The normalized spacial score (nSPS) is 15.8. The molecule has 0 aromatic heterocycles. The van der Waals surface area contributed by atoms with Gasteiger partial charge in [0.05, 0.1) is 0 Å². The van der Waals surface area contributed by atoms with Gasteiger partial charge in [-0.2, -0.15) is 0 Å². The van der Waals surface area contributed by atoms with E-state index in [2.05, 4.69) is 15.9 Å². The highest BCUT2D eigenvalue weighted by Crippen LogP contribution is 2.31. The van der Waals surface area contributed by atoms with Gasteiger partial charge in [0.1, 0.15) is 25.6 Å². The van der Waals surface area contributed by atoms with E-state index < -0.39 is 12.1 Å². The van der Waals surface area contributed by atoms with Gasteiger partial charge in [-0.05, 0) is 36.4 Å². The van der Waals surface area contributed by atoms with Crippen molar-refractivity contribution >= 4 is 21.9 Å². The lowest BCUT2D eigenvalue weighted by atomic mass is 10.2. The molecule has 1 atom stereocenters. The van der Waals surface area contributed by atoms with Crippen molar-refractivity contribution in [3.63, 3.8) is 0 Å². The largest absolute Gasteiger partial charge is 0.490 e. The zero-order valence-corrected chi connectivity index (χ0v) is 13.8. The summed E-state index contributed by atoms with van der Waals surface area (Å²) in [6.45, 7) is 0.567. The Hall–Kier alpha value is -2.21. The maximum atomic E-state index is 12.0. The smallest absolute Gasteiger partial charge is 0.351 e. The van der Waals surface area contributed by atoms with Crippen molar-refractivity contribution in [3.05, 3.63) is 53.0 Å². The Morgan fingerprint density at radius 2 is 1.83 bits per heavy atom. The van der Waals surface area contributed by atoms with Crippen molar-refractivity contribution in [2.45, 2.75) is 6.10 Å². The zero-order valence-electron chi connectivity index (χ0n) is 12.2. The van der Waals surface area contributed by atoms with E-state index in [0.29, 0.717) is 11.5 Å². The van der Waals surface area contributed by atoms with E-state index in [-0.39, 0.29) is 19.8 Å². The van der Waals surface area contributed by atoms with Crippen LogP contribution in [0.25, 0.3) is 0 Å². The average Bonchev–Trinajstić information content (AvgIpc) is 2.59. The third-order valence-corrected chi connectivity index (χ3v) is 3.71. The van der Waals surface area contributed by atoms with Crippen molar-refractivity contribution < 1.29 is 23.7 Å². The second-order valence-electron chi connectivity index (χ2n) is 4.83. The quantitative estimate of drug-likeness (QED) is 0.590.